The molecule has 35 heavy (non-hydrogen) atoms. The van der Waals surface area contributed by atoms with Gasteiger partial charge in [-0.05, 0) is 42.7 Å². The van der Waals surface area contributed by atoms with Crippen molar-refractivity contribution in [1.82, 2.24) is 19.4 Å². The van der Waals surface area contributed by atoms with Gasteiger partial charge in [-0.3, -0.25) is 23.9 Å². The number of aromatic amines is 1. The first-order valence-corrected chi connectivity index (χ1v) is 12.0. The number of piperazine rings is 1. The number of carbonyl (C=O) groups excluding carboxylic acids is 2. The Hall–Kier alpha value is -3.75. The van der Waals surface area contributed by atoms with E-state index >= 15 is 0 Å². The lowest BCUT2D eigenvalue weighted by atomic mass is 10.1. The van der Waals surface area contributed by atoms with Crippen molar-refractivity contribution in [2.24, 2.45) is 5.92 Å². The fraction of sp³-hybridized carbons (Fsp3) is 0.385. The maximum atomic E-state index is 14.7. The van der Waals surface area contributed by atoms with Crippen molar-refractivity contribution in [3.8, 4) is 0 Å². The summed E-state index contributed by atoms with van der Waals surface area (Å²) in [6.07, 6.45) is 4.05. The number of carbonyl (C=O) groups is 2. The molecular weight excluding hydrogens is 451 g/mol. The molecule has 182 valence electrons. The average molecular weight is 479 g/mol. The molecule has 0 bridgehead atoms. The molecule has 0 spiro atoms. The number of amides is 2. The van der Waals surface area contributed by atoms with Gasteiger partial charge in [0.15, 0.2) is 0 Å². The molecule has 0 atom stereocenters. The molecule has 9 heteroatoms. The number of para-hydroxylation sites is 1. The highest BCUT2D eigenvalue weighted by atomic mass is 19.1. The smallest absolute Gasteiger partial charge is 0.329 e. The van der Waals surface area contributed by atoms with Gasteiger partial charge in [-0.15, -0.1) is 0 Å². The second-order valence-electron chi connectivity index (χ2n) is 9.28. The Morgan fingerprint density at radius 1 is 0.943 bits per heavy atom. The third-order valence-electron chi connectivity index (χ3n) is 7.09. The van der Waals surface area contributed by atoms with E-state index in [2.05, 4.69) is 4.98 Å². The molecule has 3 aromatic rings. The van der Waals surface area contributed by atoms with Gasteiger partial charge in [-0.25, -0.2) is 9.18 Å². The van der Waals surface area contributed by atoms with Crippen LogP contribution in [-0.2, 0) is 11.3 Å². The zero-order chi connectivity index (χ0) is 24.5. The average Bonchev–Trinajstić information content (AvgIpc) is 3.42. The molecule has 1 aliphatic carbocycles. The fourth-order valence-corrected chi connectivity index (χ4v) is 5.15. The molecule has 2 amide bonds. The number of fused-ring (bicyclic) bond motifs is 1. The number of rotatable bonds is 4. The number of aromatic nitrogens is 2. The van der Waals surface area contributed by atoms with Gasteiger partial charge < -0.3 is 9.80 Å². The van der Waals surface area contributed by atoms with Gasteiger partial charge >= 0.3 is 5.69 Å². The Kier molecular flexibility index (Phi) is 6.23. The van der Waals surface area contributed by atoms with E-state index in [1.54, 1.807) is 29.2 Å². The topological polar surface area (TPSA) is 95.5 Å². The van der Waals surface area contributed by atoms with Crippen LogP contribution in [-0.4, -0.2) is 57.3 Å². The molecular formula is C26H27FN4O4. The molecule has 0 unspecified atom stereocenters. The minimum absolute atomic E-state index is 0.0696. The fourth-order valence-electron chi connectivity index (χ4n) is 5.15. The summed E-state index contributed by atoms with van der Waals surface area (Å²) in [4.78, 5) is 56.1. The summed E-state index contributed by atoms with van der Waals surface area (Å²) in [5.74, 6) is -0.807. The SMILES string of the molecule is O=C(c1cc(Cn2c(=O)[nH]c(=O)c3ccccc32)ccc1F)N1CCN(C(=O)C2CCCC2)CC1. The van der Waals surface area contributed by atoms with Crippen molar-refractivity contribution in [3.05, 3.63) is 80.2 Å². The summed E-state index contributed by atoms with van der Waals surface area (Å²) in [5, 5.41) is 0.371. The predicted molar refractivity (Wildman–Crippen MR) is 129 cm³/mol. The highest BCUT2D eigenvalue weighted by Gasteiger charge is 2.31. The molecule has 1 N–H and O–H groups in total. The van der Waals surface area contributed by atoms with Crippen LogP contribution in [0.25, 0.3) is 10.9 Å². The summed E-state index contributed by atoms with van der Waals surface area (Å²) in [6.45, 7) is 1.67. The van der Waals surface area contributed by atoms with Crippen LogP contribution in [0.5, 0.6) is 0 Å². The van der Waals surface area contributed by atoms with Crippen molar-refractivity contribution < 1.29 is 14.0 Å². The first-order valence-electron chi connectivity index (χ1n) is 12.0. The lowest BCUT2D eigenvalue weighted by Gasteiger charge is -2.36. The molecule has 1 saturated heterocycles. The number of nitrogens with one attached hydrogen (secondary N) is 1. The third kappa shape index (κ3) is 4.50. The van der Waals surface area contributed by atoms with Crippen molar-refractivity contribution >= 4 is 22.7 Å². The van der Waals surface area contributed by atoms with Crippen LogP contribution >= 0.6 is 0 Å². The van der Waals surface area contributed by atoms with Crippen LogP contribution in [0.15, 0.2) is 52.1 Å². The molecule has 1 aliphatic heterocycles. The number of halogens is 1. The van der Waals surface area contributed by atoms with Gasteiger partial charge in [0.1, 0.15) is 5.82 Å². The van der Waals surface area contributed by atoms with Gasteiger partial charge in [0.2, 0.25) is 5.91 Å². The molecule has 1 aromatic heterocycles. The van der Waals surface area contributed by atoms with E-state index in [0.717, 1.165) is 25.7 Å². The number of hydrogen-bond acceptors (Lipinski definition) is 4. The van der Waals surface area contributed by atoms with Crippen LogP contribution < -0.4 is 11.2 Å². The monoisotopic (exact) mass is 478 g/mol. The van der Waals surface area contributed by atoms with E-state index in [0.29, 0.717) is 42.6 Å². The zero-order valence-corrected chi connectivity index (χ0v) is 19.3. The maximum absolute atomic E-state index is 14.7. The summed E-state index contributed by atoms with van der Waals surface area (Å²) in [5.41, 5.74) is -0.0956. The number of benzene rings is 2. The lowest BCUT2D eigenvalue weighted by molar-refractivity contribution is -0.136. The van der Waals surface area contributed by atoms with E-state index in [4.69, 9.17) is 0 Å². The molecule has 2 aromatic carbocycles. The van der Waals surface area contributed by atoms with Gasteiger partial charge in [-0.1, -0.05) is 31.0 Å². The number of nitrogens with zero attached hydrogens (tertiary/aromatic N) is 3. The van der Waals surface area contributed by atoms with Crippen LogP contribution in [0.1, 0.15) is 41.6 Å². The third-order valence-corrected chi connectivity index (χ3v) is 7.09. The summed E-state index contributed by atoms with van der Waals surface area (Å²) >= 11 is 0. The number of H-pyrrole nitrogens is 1. The summed E-state index contributed by atoms with van der Waals surface area (Å²) in [6, 6.07) is 10.9. The Bertz CT molecular complexity index is 1400. The first kappa shape index (κ1) is 23.0. The zero-order valence-electron chi connectivity index (χ0n) is 19.3. The molecule has 2 fully saturated rings. The highest BCUT2D eigenvalue weighted by Crippen LogP contribution is 2.27. The van der Waals surface area contributed by atoms with Crippen molar-refractivity contribution in [3.63, 3.8) is 0 Å². The van der Waals surface area contributed by atoms with Gasteiger partial charge in [0, 0.05) is 32.1 Å². The number of hydrogen-bond donors (Lipinski definition) is 1. The lowest BCUT2D eigenvalue weighted by Crippen LogP contribution is -2.51. The summed E-state index contributed by atoms with van der Waals surface area (Å²) < 4.78 is 16.1. The van der Waals surface area contributed by atoms with Crippen LogP contribution in [0, 0.1) is 11.7 Å². The Labute approximate surface area is 201 Å². The van der Waals surface area contributed by atoms with Crippen molar-refractivity contribution in [2.45, 2.75) is 32.2 Å². The van der Waals surface area contributed by atoms with Gasteiger partial charge in [-0.2, -0.15) is 0 Å². The quantitative estimate of drug-likeness (QED) is 0.623. The molecule has 0 radical (unpaired) electrons. The minimum atomic E-state index is -0.637. The van der Waals surface area contributed by atoms with E-state index in [1.807, 2.05) is 4.90 Å². The van der Waals surface area contributed by atoms with Crippen LogP contribution in [0.4, 0.5) is 4.39 Å². The summed E-state index contributed by atoms with van der Waals surface area (Å²) in [7, 11) is 0. The first-order chi connectivity index (χ1) is 16.9. The molecule has 8 nitrogen and oxygen atoms in total. The van der Waals surface area contributed by atoms with Crippen LogP contribution in [0.2, 0.25) is 0 Å². The van der Waals surface area contributed by atoms with Crippen molar-refractivity contribution in [1.29, 1.82) is 0 Å². The molecule has 2 aliphatic rings. The standard InChI is InChI=1S/C26H27FN4O4/c27-21-10-9-17(16-31-22-8-4-3-7-19(22)23(32)28-26(31)35)15-20(21)25(34)30-13-11-29(12-14-30)24(33)18-5-1-2-6-18/h3-4,7-10,15,18H,1-2,5-6,11-14,16H2,(H,28,32,35). The second-order valence-corrected chi connectivity index (χ2v) is 9.28. The maximum Gasteiger partial charge on any atom is 0.329 e. The van der Waals surface area contributed by atoms with E-state index in [-0.39, 0.29) is 23.9 Å². The van der Waals surface area contributed by atoms with Gasteiger partial charge in [0.05, 0.1) is 23.0 Å². The van der Waals surface area contributed by atoms with E-state index in [1.165, 1.54) is 22.8 Å². The molecule has 2 heterocycles. The Balaban J connectivity index is 1.34. The Morgan fingerprint density at radius 3 is 2.37 bits per heavy atom. The van der Waals surface area contributed by atoms with E-state index in [9.17, 15) is 23.6 Å². The van der Waals surface area contributed by atoms with Gasteiger partial charge in [0.25, 0.3) is 11.5 Å². The normalized spacial score (nSPS) is 16.7. The largest absolute Gasteiger partial charge is 0.339 e. The highest BCUT2D eigenvalue weighted by molar-refractivity contribution is 5.95. The van der Waals surface area contributed by atoms with Crippen molar-refractivity contribution in [2.75, 3.05) is 26.2 Å². The molecule has 5 rings (SSSR count). The second kappa shape index (κ2) is 9.48. The molecule has 1 saturated carbocycles. The minimum Gasteiger partial charge on any atom is -0.339 e. The Morgan fingerprint density at radius 2 is 1.63 bits per heavy atom. The van der Waals surface area contributed by atoms with Crippen LogP contribution in [0.3, 0.4) is 0 Å². The van der Waals surface area contributed by atoms with E-state index < -0.39 is 23.0 Å². The predicted octanol–water partition coefficient (Wildman–Crippen LogP) is 2.35.